The lowest BCUT2D eigenvalue weighted by atomic mass is 10.1. The Morgan fingerprint density at radius 2 is 2.22 bits per heavy atom. The zero-order valence-corrected chi connectivity index (χ0v) is 12.9. The summed E-state index contributed by atoms with van der Waals surface area (Å²) >= 11 is 6.57. The lowest BCUT2D eigenvalue weighted by Crippen LogP contribution is -2.41. The van der Waals surface area contributed by atoms with Gasteiger partial charge in [0.1, 0.15) is 0 Å². The summed E-state index contributed by atoms with van der Waals surface area (Å²) < 4.78 is 32.4. The predicted octanol–water partition coefficient (Wildman–Crippen LogP) is 2.14. The number of thiazole rings is 1. The second kappa shape index (κ2) is 6.81. The number of hydrogen-bond acceptors (Lipinski definition) is 5. The fourth-order valence-corrected chi connectivity index (χ4v) is 3.91. The standard InChI is InChI=1S/C10H17ClN2O3S2/c1-4-16-6-8(7(2)3)13-18(14,15)9-5-12-10(11)17-9/h5,7-8,13H,4,6H2,1-3H3. The zero-order valence-electron chi connectivity index (χ0n) is 10.5. The Balaban J connectivity index is 2.79. The third-order valence-electron chi connectivity index (χ3n) is 2.33. The van der Waals surface area contributed by atoms with E-state index in [0.717, 1.165) is 11.3 Å². The first-order valence-electron chi connectivity index (χ1n) is 5.58. The molecular formula is C10H17ClN2O3S2. The number of ether oxygens (including phenoxy) is 1. The van der Waals surface area contributed by atoms with Crippen molar-refractivity contribution in [3.63, 3.8) is 0 Å². The fraction of sp³-hybridized carbons (Fsp3) is 0.700. The van der Waals surface area contributed by atoms with Crippen LogP contribution in [0.4, 0.5) is 0 Å². The van der Waals surface area contributed by atoms with Crippen molar-refractivity contribution in [2.45, 2.75) is 31.0 Å². The van der Waals surface area contributed by atoms with E-state index in [1.54, 1.807) is 0 Å². The average molecular weight is 313 g/mol. The molecule has 8 heteroatoms. The van der Waals surface area contributed by atoms with E-state index in [0.29, 0.717) is 13.2 Å². The molecule has 0 saturated heterocycles. The Bertz CT molecular complexity index is 473. The Morgan fingerprint density at radius 3 is 2.67 bits per heavy atom. The number of rotatable bonds is 7. The van der Waals surface area contributed by atoms with Gasteiger partial charge < -0.3 is 4.74 Å². The highest BCUT2D eigenvalue weighted by atomic mass is 35.5. The molecule has 1 N–H and O–H groups in total. The number of nitrogens with zero attached hydrogens (tertiary/aromatic N) is 1. The van der Waals surface area contributed by atoms with E-state index >= 15 is 0 Å². The first-order valence-corrected chi connectivity index (χ1v) is 8.26. The monoisotopic (exact) mass is 312 g/mol. The summed E-state index contributed by atoms with van der Waals surface area (Å²) in [6.07, 6.45) is 1.26. The number of sulfonamides is 1. The molecule has 0 aromatic carbocycles. The van der Waals surface area contributed by atoms with Crippen LogP contribution >= 0.6 is 22.9 Å². The molecule has 0 aliphatic heterocycles. The summed E-state index contributed by atoms with van der Waals surface area (Å²) in [7, 11) is -3.57. The van der Waals surface area contributed by atoms with Crippen LogP contribution in [0.15, 0.2) is 10.4 Å². The Kier molecular flexibility index (Phi) is 6.00. The lowest BCUT2D eigenvalue weighted by molar-refractivity contribution is 0.116. The predicted molar refractivity (Wildman–Crippen MR) is 72.6 cm³/mol. The van der Waals surface area contributed by atoms with Crippen LogP contribution in [0.5, 0.6) is 0 Å². The molecule has 0 fully saturated rings. The molecule has 1 unspecified atom stereocenters. The maximum atomic E-state index is 12.1. The van der Waals surface area contributed by atoms with Gasteiger partial charge in [0.15, 0.2) is 8.68 Å². The van der Waals surface area contributed by atoms with Crippen LogP contribution in [0, 0.1) is 5.92 Å². The molecule has 0 aliphatic rings. The molecule has 0 aliphatic carbocycles. The summed E-state index contributed by atoms with van der Waals surface area (Å²) in [5.74, 6) is 0.134. The number of aromatic nitrogens is 1. The van der Waals surface area contributed by atoms with E-state index in [2.05, 4.69) is 9.71 Å². The molecule has 1 aromatic rings. The van der Waals surface area contributed by atoms with Gasteiger partial charge in [0.2, 0.25) is 0 Å². The Labute approximate surface area is 117 Å². The largest absolute Gasteiger partial charge is 0.380 e. The first kappa shape index (κ1) is 15.8. The van der Waals surface area contributed by atoms with Gasteiger partial charge in [-0.2, -0.15) is 0 Å². The van der Waals surface area contributed by atoms with Crippen LogP contribution in [0.25, 0.3) is 0 Å². The number of halogens is 1. The van der Waals surface area contributed by atoms with E-state index in [1.807, 2.05) is 20.8 Å². The molecule has 5 nitrogen and oxygen atoms in total. The SMILES string of the molecule is CCOCC(NS(=O)(=O)c1cnc(Cl)s1)C(C)C. The van der Waals surface area contributed by atoms with Crippen LogP contribution in [0.2, 0.25) is 4.47 Å². The average Bonchev–Trinajstić information content (AvgIpc) is 2.71. The number of hydrogen-bond donors (Lipinski definition) is 1. The molecular weight excluding hydrogens is 296 g/mol. The third-order valence-corrected chi connectivity index (χ3v) is 5.40. The quantitative estimate of drug-likeness (QED) is 0.837. The van der Waals surface area contributed by atoms with Gasteiger partial charge >= 0.3 is 0 Å². The van der Waals surface area contributed by atoms with E-state index in [-0.39, 0.29) is 20.6 Å². The highest BCUT2D eigenvalue weighted by Crippen LogP contribution is 2.22. The van der Waals surface area contributed by atoms with Gasteiger partial charge in [0.05, 0.1) is 12.8 Å². The molecule has 1 aromatic heterocycles. The lowest BCUT2D eigenvalue weighted by Gasteiger charge is -2.21. The minimum absolute atomic E-state index is 0.120. The van der Waals surface area contributed by atoms with Crippen molar-refractivity contribution in [1.82, 2.24) is 9.71 Å². The van der Waals surface area contributed by atoms with Crippen LogP contribution < -0.4 is 4.72 Å². The van der Waals surface area contributed by atoms with Gasteiger partial charge in [0.25, 0.3) is 10.0 Å². The third kappa shape index (κ3) is 4.47. The van der Waals surface area contributed by atoms with Gasteiger partial charge in [0, 0.05) is 12.6 Å². The highest BCUT2D eigenvalue weighted by Gasteiger charge is 2.24. The van der Waals surface area contributed by atoms with Crippen LogP contribution in [0.3, 0.4) is 0 Å². The van der Waals surface area contributed by atoms with Crippen molar-refractivity contribution >= 4 is 33.0 Å². The first-order chi connectivity index (χ1) is 8.36. The Morgan fingerprint density at radius 1 is 1.56 bits per heavy atom. The second-order valence-electron chi connectivity index (χ2n) is 4.06. The normalized spacial score (nSPS) is 14.1. The molecule has 1 atom stereocenters. The minimum atomic E-state index is -3.57. The molecule has 18 heavy (non-hydrogen) atoms. The van der Waals surface area contributed by atoms with Crippen molar-refractivity contribution in [2.24, 2.45) is 5.92 Å². The molecule has 1 rings (SSSR count). The molecule has 0 radical (unpaired) electrons. The van der Waals surface area contributed by atoms with Crippen molar-refractivity contribution in [1.29, 1.82) is 0 Å². The van der Waals surface area contributed by atoms with Crippen LogP contribution in [-0.2, 0) is 14.8 Å². The van der Waals surface area contributed by atoms with Gasteiger partial charge in [-0.25, -0.2) is 18.1 Å². The van der Waals surface area contributed by atoms with E-state index in [1.165, 1.54) is 6.20 Å². The Hall–Kier alpha value is -0.210. The maximum Gasteiger partial charge on any atom is 0.252 e. The van der Waals surface area contributed by atoms with E-state index in [4.69, 9.17) is 16.3 Å². The summed E-state index contributed by atoms with van der Waals surface area (Å²) in [6.45, 7) is 6.64. The van der Waals surface area contributed by atoms with Crippen LogP contribution in [0.1, 0.15) is 20.8 Å². The highest BCUT2D eigenvalue weighted by molar-refractivity contribution is 7.91. The molecule has 104 valence electrons. The molecule has 0 saturated carbocycles. The van der Waals surface area contributed by atoms with E-state index < -0.39 is 10.0 Å². The molecule has 0 amide bonds. The van der Waals surface area contributed by atoms with Gasteiger partial charge in [-0.3, -0.25) is 0 Å². The van der Waals surface area contributed by atoms with Gasteiger partial charge in [-0.05, 0) is 12.8 Å². The zero-order chi connectivity index (χ0) is 13.8. The molecule has 0 bridgehead atoms. The van der Waals surface area contributed by atoms with Crippen molar-refractivity contribution in [2.75, 3.05) is 13.2 Å². The van der Waals surface area contributed by atoms with Crippen molar-refractivity contribution in [3.05, 3.63) is 10.7 Å². The summed E-state index contributed by atoms with van der Waals surface area (Å²) in [4.78, 5) is 3.73. The second-order valence-corrected chi connectivity index (χ2v) is 7.62. The summed E-state index contributed by atoms with van der Waals surface area (Å²) in [5.41, 5.74) is 0. The topological polar surface area (TPSA) is 68.3 Å². The molecule has 0 spiro atoms. The van der Waals surface area contributed by atoms with Crippen LogP contribution in [-0.4, -0.2) is 32.7 Å². The van der Waals surface area contributed by atoms with Gasteiger partial charge in [-0.1, -0.05) is 36.8 Å². The molecule has 1 heterocycles. The minimum Gasteiger partial charge on any atom is -0.380 e. The number of nitrogens with one attached hydrogen (secondary N) is 1. The maximum absolute atomic E-state index is 12.1. The fourth-order valence-electron chi connectivity index (χ4n) is 1.23. The van der Waals surface area contributed by atoms with Gasteiger partial charge in [-0.15, -0.1) is 0 Å². The van der Waals surface area contributed by atoms with Crippen molar-refractivity contribution in [3.8, 4) is 0 Å². The smallest absolute Gasteiger partial charge is 0.252 e. The summed E-state index contributed by atoms with van der Waals surface area (Å²) in [6, 6.07) is -0.268. The summed E-state index contributed by atoms with van der Waals surface area (Å²) in [5, 5.41) is 0. The van der Waals surface area contributed by atoms with Crippen molar-refractivity contribution < 1.29 is 13.2 Å². The van der Waals surface area contributed by atoms with E-state index in [9.17, 15) is 8.42 Å².